The van der Waals surface area contributed by atoms with Crippen molar-refractivity contribution in [2.75, 3.05) is 18.2 Å². The van der Waals surface area contributed by atoms with Crippen LogP contribution in [0.1, 0.15) is 35.8 Å². The van der Waals surface area contributed by atoms with E-state index < -0.39 is 5.91 Å². The maximum atomic E-state index is 12.2. The largest absolute Gasteiger partial charge is 0.496 e. The number of aromatic nitrogens is 3. The average Bonchev–Trinajstić information content (AvgIpc) is 2.70. The van der Waals surface area contributed by atoms with E-state index in [4.69, 9.17) is 15.2 Å². The minimum Gasteiger partial charge on any atom is -0.496 e. The van der Waals surface area contributed by atoms with Crippen LogP contribution in [0.15, 0.2) is 42.7 Å². The fraction of sp³-hybridized carbons (Fsp3) is 0.200. The second-order valence-electron chi connectivity index (χ2n) is 6.39. The molecule has 0 bridgehead atoms. The highest BCUT2D eigenvalue weighted by atomic mass is 127. The molecule has 3 N–H and O–H groups in total. The van der Waals surface area contributed by atoms with Crippen LogP contribution in [0.2, 0.25) is 0 Å². The van der Waals surface area contributed by atoms with E-state index in [2.05, 4.69) is 56.7 Å². The van der Waals surface area contributed by atoms with Crippen molar-refractivity contribution in [3.8, 4) is 17.2 Å². The maximum absolute atomic E-state index is 12.2. The zero-order valence-corrected chi connectivity index (χ0v) is 18.3. The van der Waals surface area contributed by atoms with Crippen molar-refractivity contribution >= 4 is 40.3 Å². The Morgan fingerprint density at radius 1 is 1.17 bits per heavy atom. The average molecular weight is 505 g/mol. The van der Waals surface area contributed by atoms with Gasteiger partial charge in [-0.1, -0.05) is 19.9 Å². The molecule has 2 aromatic heterocycles. The van der Waals surface area contributed by atoms with Gasteiger partial charge >= 0.3 is 0 Å². The number of nitrogens with zero attached hydrogens (tertiary/aromatic N) is 3. The monoisotopic (exact) mass is 505 g/mol. The highest BCUT2D eigenvalue weighted by Crippen LogP contribution is 2.37. The van der Waals surface area contributed by atoms with E-state index in [0.29, 0.717) is 11.5 Å². The number of nitrogens with two attached hydrogens (primary N) is 1. The summed E-state index contributed by atoms with van der Waals surface area (Å²) in [6.45, 7) is 4.12. The number of ether oxygens (including phenoxy) is 2. The molecule has 0 spiro atoms. The van der Waals surface area contributed by atoms with Crippen LogP contribution in [0.25, 0.3) is 0 Å². The predicted octanol–water partition coefficient (Wildman–Crippen LogP) is 4.24. The van der Waals surface area contributed by atoms with Gasteiger partial charge in [0.25, 0.3) is 5.91 Å². The third-order valence-corrected chi connectivity index (χ3v) is 4.87. The van der Waals surface area contributed by atoms with E-state index >= 15 is 0 Å². The van der Waals surface area contributed by atoms with Gasteiger partial charge in [-0.15, -0.1) is 0 Å². The topological polar surface area (TPSA) is 112 Å². The number of hydrogen-bond acceptors (Lipinski definition) is 7. The number of nitrogen functional groups attached to an aromatic ring is 1. The molecule has 1 aromatic carbocycles. The highest BCUT2D eigenvalue weighted by molar-refractivity contribution is 14.1. The second-order valence-corrected chi connectivity index (χ2v) is 7.56. The van der Waals surface area contributed by atoms with Crippen molar-refractivity contribution in [1.82, 2.24) is 15.0 Å². The Hall–Kier alpha value is -2.95. The van der Waals surface area contributed by atoms with E-state index in [-0.39, 0.29) is 23.4 Å². The Morgan fingerprint density at radius 3 is 2.59 bits per heavy atom. The molecule has 0 unspecified atom stereocenters. The Kier molecular flexibility index (Phi) is 6.47. The molecule has 0 atom stereocenters. The van der Waals surface area contributed by atoms with Crippen molar-refractivity contribution in [3.05, 3.63) is 57.6 Å². The lowest BCUT2D eigenvalue weighted by molar-refractivity contribution is 0.102. The molecular formula is C20H20IN5O3. The van der Waals surface area contributed by atoms with Crippen LogP contribution in [-0.4, -0.2) is 28.0 Å². The number of carbonyl (C=O) groups is 1. The highest BCUT2D eigenvalue weighted by Gasteiger charge is 2.16. The van der Waals surface area contributed by atoms with Gasteiger partial charge in [-0.2, -0.15) is 4.98 Å². The summed E-state index contributed by atoms with van der Waals surface area (Å²) in [6, 6.07) is 8.86. The van der Waals surface area contributed by atoms with E-state index in [9.17, 15) is 4.79 Å². The van der Waals surface area contributed by atoms with E-state index in [1.165, 1.54) is 12.4 Å². The zero-order valence-electron chi connectivity index (χ0n) is 16.1. The van der Waals surface area contributed by atoms with Crippen LogP contribution < -0.4 is 20.5 Å². The van der Waals surface area contributed by atoms with Gasteiger partial charge in [-0.25, -0.2) is 4.98 Å². The molecular weight excluding hydrogens is 485 g/mol. The number of methoxy groups -OCH3 is 1. The number of halogens is 1. The Morgan fingerprint density at radius 2 is 1.97 bits per heavy atom. The van der Waals surface area contributed by atoms with Gasteiger partial charge in [0.1, 0.15) is 17.2 Å². The third kappa shape index (κ3) is 4.91. The summed E-state index contributed by atoms with van der Waals surface area (Å²) < 4.78 is 12.3. The molecule has 0 aliphatic carbocycles. The summed E-state index contributed by atoms with van der Waals surface area (Å²) in [4.78, 5) is 24.4. The van der Waals surface area contributed by atoms with Crippen LogP contribution in [0.3, 0.4) is 0 Å². The molecule has 3 aromatic rings. The molecule has 0 saturated carbocycles. The molecule has 0 saturated heterocycles. The van der Waals surface area contributed by atoms with Crippen LogP contribution in [0.5, 0.6) is 17.2 Å². The first-order valence-corrected chi connectivity index (χ1v) is 9.87. The fourth-order valence-electron chi connectivity index (χ4n) is 2.55. The molecule has 3 rings (SSSR count). The maximum Gasteiger partial charge on any atom is 0.276 e. The molecule has 150 valence electrons. The van der Waals surface area contributed by atoms with Crippen molar-refractivity contribution in [2.24, 2.45) is 0 Å². The van der Waals surface area contributed by atoms with Gasteiger partial charge in [-0.3, -0.25) is 15.1 Å². The van der Waals surface area contributed by atoms with Gasteiger partial charge in [0, 0.05) is 11.8 Å². The number of pyridine rings is 1. The number of amides is 1. The summed E-state index contributed by atoms with van der Waals surface area (Å²) in [7, 11) is 1.63. The van der Waals surface area contributed by atoms with Gasteiger partial charge < -0.3 is 15.2 Å². The number of carbonyl (C=O) groups excluding carboxylic acids is 1. The first kappa shape index (κ1) is 20.8. The third-order valence-electron chi connectivity index (χ3n) is 4.03. The minimum absolute atomic E-state index is 0.0684. The molecule has 0 aliphatic heterocycles. The second kappa shape index (κ2) is 9.03. The molecule has 1 amide bonds. The van der Waals surface area contributed by atoms with Gasteiger partial charge in [0.15, 0.2) is 11.6 Å². The number of nitrogens with one attached hydrogen (secondary N) is 1. The van der Waals surface area contributed by atoms with Crippen LogP contribution in [-0.2, 0) is 0 Å². The smallest absolute Gasteiger partial charge is 0.276 e. The summed E-state index contributed by atoms with van der Waals surface area (Å²) in [5, 5.41) is 2.57. The van der Waals surface area contributed by atoms with E-state index in [1.54, 1.807) is 25.3 Å². The fourth-order valence-corrected chi connectivity index (χ4v) is 3.21. The summed E-state index contributed by atoms with van der Waals surface area (Å²) in [5.74, 6) is 1.67. The molecule has 29 heavy (non-hydrogen) atoms. The van der Waals surface area contributed by atoms with Crippen molar-refractivity contribution in [3.63, 3.8) is 0 Å². The normalized spacial score (nSPS) is 10.7. The predicted molar refractivity (Wildman–Crippen MR) is 119 cm³/mol. The molecule has 0 aliphatic rings. The SMILES string of the molecule is COc1cc(C(C)C)c(Oc2cnc(NC(=O)c3ccccn3)nc2N)cc1I. The first-order valence-electron chi connectivity index (χ1n) is 8.79. The molecule has 0 radical (unpaired) electrons. The Balaban J connectivity index is 1.83. The first-order chi connectivity index (χ1) is 13.9. The molecule has 8 nitrogen and oxygen atoms in total. The standard InChI is InChI=1S/C20H20IN5O3/c1-11(2)12-8-16(28-3)13(21)9-15(12)29-17-10-24-20(25-18(17)22)26-19(27)14-6-4-5-7-23-14/h4-11H,1-3H3,(H3,22,24,25,26,27). The number of benzene rings is 1. The summed E-state index contributed by atoms with van der Waals surface area (Å²) in [6.07, 6.45) is 2.96. The van der Waals surface area contributed by atoms with Crippen LogP contribution >= 0.6 is 22.6 Å². The molecule has 0 fully saturated rings. The summed E-state index contributed by atoms with van der Waals surface area (Å²) >= 11 is 2.18. The minimum atomic E-state index is -0.425. The van der Waals surface area contributed by atoms with E-state index in [0.717, 1.165) is 14.9 Å². The lowest BCUT2D eigenvalue weighted by Gasteiger charge is -2.17. The lowest BCUT2D eigenvalue weighted by atomic mass is 10.0. The van der Waals surface area contributed by atoms with Crippen LogP contribution in [0, 0.1) is 3.57 Å². The Labute approximate surface area is 182 Å². The quantitative estimate of drug-likeness (QED) is 0.482. The van der Waals surface area contributed by atoms with Gasteiger partial charge in [-0.05, 0) is 52.8 Å². The number of rotatable bonds is 6. The lowest BCUT2D eigenvalue weighted by Crippen LogP contribution is -2.16. The van der Waals surface area contributed by atoms with Crippen LogP contribution in [0.4, 0.5) is 11.8 Å². The zero-order chi connectivity index (χ0) is 21.0. The van der Waals surface area contributed by atoms with Gasteiger partial charge in [0.2, 0.25) is 5.95 Å². The van der Waals surface area contributed by atoms with E-state index in [1.807, 2.05) is 12.1 Å². The van der Waals surface area contributed by atoms with Crippen molar-refractivity contribution in [2.45, 2.75) is 19.8 Å². The number of anilines is 2. The Bertz CT molecular complexity index is 1030. The molecule has 9 heteroatoms. The van der Waals surface area contributed by atoms with Gasteiger partial charge in [0.05, 0.1) is 16.9 Å². The summed E-state index contributed by atoms with van der Waals surface area (Å²) in [5.41, 5.74) is 7.26. The molecule has 2 heterocycles. The van der Waals surface area contributed by atoms with Crippen molar-refractivity contribution in [1.29, 1.82) is 0 Å². The van der Waals surface area contributed by atoms with Crippen molar-refractivity contribution < 1.29 is 14.3 Å². The number of hydrogen-bond donors (Lipinski definition) is 2.